The zero-order valence-electron chi connectivity index (χ0n) is 17.6. The van der Waals surface area contributed by atoms with Gasteiger partial charge in [0.05, 0.1) is 6.54 Å². The third-order valence-electron chi connectivity index (χ3n) is 4.69. The lowest BCUT2D eigenvalue weighted by Gasteiger charge is -2.25. The van der Waals surface area contributed by atoms with Gasteiger partial charge in [-0.15, -0.1) is 24.0 Å². The summed E-state index contributed by atoms with van der Waals surface area (Å²) in [7, 11) is 1.75. The summed E-state index contributed by atoms with van der Waals surface area (Å²) in [6.07, 6.45) is 1.88. The lowest BCUT2D eigenvalue weighted by atomic mass is 10.1. The molecule has 1 unspecified atom stereocenters. The van der Waals surface area contributed by atoms with Crippen LogP contribution in [0.15, 0.2) is 29.3 Å². The minimum absolute atomic E-state index is 0. The standard InChI is InChI=1S/C20H29N7O2.HI/c1-13(2)19-25-18-8-7-15(11-27(18)26-19)24-20(22-3)23-10-14-5-4-6-16(9-14)29-12-17(21)28;/h4-6,9,13,15H,7-8,10-12H2,1-3H3,(H2,21,28)(H2,22,23,24);1H. The van der Waals surface area contributed by atoms with Crippen LogP contribution in [-0.2, 0) is 24.3 Å². The van der Waals surface area contributed by atoms with E-state index in [9.17, 15) is 4.79 Å². The van der Waals surface area contributed by atoms with Crippen molar-refractivity contribution < 1.29 is 9.53 Å². The number of hydrogen-bond acceptors (Lipinski definition) is 5. The molecule has 0 aliphatic carbocycles. The molecule has 9 nitrogen and oxygen atoms in total. The second-order valence-corrected chi connectivity index (χ2v) is 7.43. The van der Waals surface area contributed by atoms with Gasteiger partial charge in [-0.25, -0.2) is 9.67 Å². The number of rotatable bonds is 7. The molecular weight excluding hydrogens is 497 g/mol. The summed E-state index contributed by atoms with van der Waals surface area (Å²) in [6.45, 7) is 5.43. The average molecular weight is 527 g/mol. The molecule has 0 bridgehead atoms. The zero-order valence-corrected chi connectivity index (χ0v) is 19.9. The largest absolute Gasteiger partial charge is 0.484 e. The number of halogens is 1. The molecule has 2 heterocycles. The maximum Gasteiger partial charge on any atom is 0.255 e. The third-order valence-corrected chi connectivity index (χ3v) is 4.69. The lowest BCUT2D eigenvalue weighted by Crippen LogP contribution is -2.46. The first-order valence-electron chi connectivity index (χ1n) is 9.85. The molecule has 0 saturated carbocycles. The van der Waals surface area contributed by atoms with E-state index in [-0.39, 0.29) is 36.6 Å². The van der Waals surface area contributed by atoms with Crippen molar-refractivity contribution in [3.05, 3.63) is 41.5 Å². The normalized spacial score (nSPS) is 15.9. The molecule has 1 aromatic carbocycles. The van der Waals surface area contributed by atoms with Crippen LogP contribution < -0.4 is 21.1 Å². The van der Waals surface area contributed by atoms with E-state index in [4.69, 9.17) is 10.5 Å². The van der Waals surface area contributed by atoms with Gasteiger partial charge in [-0.05, 0) is 24.1 Å². The van der Waals surface area contributed by atoms with Gasteiger partial charge in [-0.1, -0.05) is 26.0 Å². The highest BCUT2D eigenvalue weighted by Crippen LogP contribution is 2.17. The van der Waals surface area contributed by atoms with Gasteiger partial charge in [0.1, 0.15) is 11.6 Å². The number of nitrogens with one attached hydrogen (secondary N) is 2. The highest BCUT2D eigenvalue weighted by atomic mass is 127. The number of guanidine groups is 1. The van der Waals surface area contributed by atoms with E-state index in [1.165, 1.54) is 0 Å². The van der Waals surface area contributed by atoms with E-state index in [1.807, 2.05) is 22.9 Å². The lowest BCUT2D eigenvalue weighted by molar-refractivity contribution is -0.119. The number of aromatic nitrogens is 3. The summed E-state index contributed by atoms with van der Waals surface area (Å²) in [5.41, 5.74) is 6.13. The topological polar surface area (TPSA) is 119 Å². The molecule has 10 heteroatoms. The number of hydrogen-bond donors (Lipinski definition) is 3. The van der Waals surface area contributed by atoms with E-state index in [0.29, 0.717) is 18.2 Å². The van der Waals surface area contributed by atoms with Crippen molar-refractivity contribution in [2.45, 2.75) is 51.7 Å². The van der Waals surface area contributed by atoms with Gasteiger partial charge >= 0.3 is 0 Å². The predicted octanol–water partition coefficient (Wildman–Crippen LogP) is 1.56. The highest BCUT2D eigenvalue weighted by molar-refractivity contribution is 14.0. The fourth-order valence-corrected chi connectivity index (χ4v) is 3.16. The van der Waals surface area contributed by atoms with Gasteiger partial charge in [0.15, 0.2) is 18.4 Å². The summed E-state index contributed by atoms with van der Waals surface area (Å²) in [6, 6.07) is 7.76. The molecule has 0 radical (unpaired) electrons. The van der Waals surface area contributed by atoms with Gasteiger partial charge < -0.3 is 21.1 Å². The fourth-order valence-electron chi connectivity index (χ4n) is 3.16. The van der Waals surface area contributed by atoms with Crippen molar-refractivity contribution in [1.82, 2.24) is 25.4 Å². The minimum Gasteiger partial charge on any atom is -0.484 e. The van der Waals surface area contributed by atoms with Crippen LogP contribution in [-0.4, -0.2) is 46.3 Å². The molecule has 4 N–H and O–H groups in total. The van der Waals surface area contributed by atoms with Crippen LogP contribution in [0.5, 0.6) is 5.75 Å². The van der Waals surface area contributed by atoms with Crippen molar-refractivity contribution in [2.24, 2.45) is 10.7 Å². The number of ether oxygens (including phenoxy) is 1. The number of nitrogens with zero attached hydrogens (tertiary/aromatic N) is 4. The smallest absolute Gasteiger partial charge is 0.255 e. The Bertz CT molecular complexity index is 882. The van der Waals surface area contributed by atoms with Crippen molar-refractivity contribution >= 4 is 35.8 Å². The number of amides is 1. The van der Waals surface area contributed by atoms with Gasteiger partial charge in [-0.2, -0.15) is 5.10 Å². The van der Waals surface area contributed by atoms with Crippen LogP contribution in [0.4, 0.5) is 0 Å². The number of benzene rings is 1. The molecule has 1 aromatic heterocycles. The van der Waals surface area contributed by atoms with E-state index in [0.717, 1.165) is 42.6 Å². The first-order chi connectivity index (χ1) is 13.9. The summed E-state index contributed by atoms with van der Waals surface area (Å²) >= 11 is 0. The van der Waals surface area contributed by atoms with Crippen molar-refractivity contribution in [2.75, 3.05) is 13.7 Å². The van der Waals surface area contributed by atoms with Crippen LogP contribution in [0.2, 0.25) is 0 Å². The summed E-state index contributed by atoms with van der Waals surface area (Å²) in [5.74, 6) is 3.13. The summed E-state index contributed by atoms with van der Waals surface area (Å²) in [5, 5.41) is 11.4. The Hall–Kier alpha value is -2.37. The van der Waals surface area contributed by atoms with Crippen molar-refractivity contribution in [1.29, 1.82) is 0 Å². The molecule has 0 fully saturated rings. The molecular formula is C20H30IN7O2. The van der Waals surface area contributed by atoms with E-state index in [1.54, 1.807) is 13.1 Å². The summed E-state index contributed by atoms with van der Waals surface area (Å²) in [4.78, 5) is 19.8. The van der Waals surface area contributed by atoms with Gasteiger partial charge in [0, 0.05) is 32.0 Å². The molecule has 1 aliphatic heterocycles. The predicted molar refractivity (Wildman–Crippen MR) is 126 cm³/mol. The third kappa shape index (κ3) is 6.57. The highest BCUT2D eigenvalue weighted by Gasteiger charge is 2.23. The molecule has 0 spiro atoms. The first kappa shape index (κ1) is 23.9. The van der Waals surface area contributed by atoms with Crippen LogP contribution >= 0.6 is 24.0 Å². The molecule has 3 rings (SSSR count). The number of aryl methyl sites for hydroxylation is 1. The van der Waals surface area contributed by atoms with Crippen LogP contribution in [0.1, 0.15) is 43.4 Å². The Labute approximate surface area is 193 Å². The first-order valence-corrected chi connectivity index (χ1v) is 9.85. The molecule has 1 aliphatic rings. The molecule has 2 aromatic rings. The Balaban J connectivity index is 0.00000320. The van der Waals surface area contributed by atoms with E-state index >= 15 is 0 Å². The Morgan fingerprint density at radius 2 is 2.23 bits per heavy atom. The average Bonchev–Trinajstić information content (AvgIpc) is 3.13. The number of primary amides is 1. The second-order valence-electron chi connectivity index (χ2n) is 7.43. The number of carbonyl (C=O) groups excluding carboxylic acids is 1. The molecule has 164 valence electrons. The number of fused-ring (bicyclic) bond motifs is 1. The van der Waals surface area contributed by atoms with Crippen molar-refractivity contribution in [3.63, 3.8) is 0 Å². The van der Waals surface area contributed by atoms with Crippen LogP contribution in [0, 0.1) is 0 Å². The van der Waals surface area contributed by atoms with Crippen LogP contribution in [0.3, 0.4) is 0 Å². The van der Waals surface area contributed by atoms with E-state index in [2.05, 4.69) is 39.6 Å². The number of nitrogens with two attached hydrogens (primary N) is 1. The Morgan fingerprint density at radius 3 is 2.93 bits per heavy atom. The number of aliphatic imine (C=N–C) groups is 1. The second kappa shape index (κ2) is 11.1. The molecule has 1 amide bonds. The molecule has 30 heavy (non-hydrogen) atoms. The Morgan fingerprint density at radius 1 is 1.43 bits per heavy atom. The zero-order chi connectivity index (χ0) is 20.8. The number of carbonyl (C=O) groups is 1. The SMILES string of the molecule is CN=C(NCc1cccc(OCC(N)=O)c1)NC1CCc2nc(C(C)C)nn2C1.I. The van der Waals surface area contributed by atoms with Gasteiger partial charge in [0.25, 0.3) is 5.91 Å². The minimum atomic E-state index is -0.498. The van der Waals surface area contributed by atoms with Crippen LogP contribution in [0.25, 0.3) is 0 Å². The monoisotopic (exact) mass is 527 g/mol. The van der Waals surface area contributed by atoms with Crippen molar-refractivity contribution in [3.8, 4) is 5.75 Å². The summed E-state index contributed by atoms with van der Waals surface area (Å²) < 4.78 is 7.35. The maximum absolute atomic E-state index is 10.9. The quantitative estimate of drug-likeness (QED) is 0.286. The van der Waals surface area contributed by atoms with Gasteiger partial charge in [-0.3, -0.25) is 9.79 Å². The maximum atomic E-state index is 10.9. The van der Waals surface area contributed by atoms with E-state index < -0.39 is 5.91 Å². The Kier molecular flexibility index (Phi) is 8.88. The fraction of sp³-hybridized carbons (Fsp3) is 0.500. The van der Waals surface area contributed by atoms with Gasteiger partial charge in [0.2, 0.25) is 0 Å². The molecule has 1 atom stereocenters. The molecule has 0 saturated heterocycles.